The minimum absolute atomic E-state index is 0.0688. The van der Waals surface area contributed by atoms with E-state index in [0.29, 0.717) is 29.1 Å². The highest BCUT2D eigenvalue weighted by Crippen LogP contribution is 2.28. The van der Waals surface area contributed by atoms with E-state index in [1.807, 2.05) is 66.4 Å². The molecule has 3 aromatic rings. The van der Waals surface area contributed by atoms with Crippen LogP contribution >= 0.6 is 0 Å². The van der Waals surface area contributed by atoms with E-state index in [-0.39, 0.29) is 30.1 Å². The van der Waals surface area contributed by atoms with Gasteiger partial charge in [0.1, 0.15) is 5.75 Å². The number of hydrogen-bond acceptors (Lipinski definition) is 4. The summed E-state index contributed by atoms with van der Waals surface area (Å²) in [6.07, 6.45) is 0.0901. The van der Waals surface area contributed by atoms with Crippen molar-refractivity contribution < 1.29 is 19.1 Å². The zero-order valence-electron chi connectivity index (χ0n) is 20.0. The molecule has 0 aliphatic rings. The van der Waals surface area contributed by atoms with Gasteiger partial charge in [-0.05, 0) is 55.3 Å². The van der Waals surface area contributed by atoms with E-state index >= 15 is 0 Å². The topological polar surface area (TPSA) is 75.7 Å². The third-order valence-electron chi connectivity index (χ3n) is 5.70. The van der Waals surface area contributed by atoms with Crippen LogP contribution < -0.4 is 10.1 Å². The highest BCUT2D eigenvalue weighted by molar-refractivity contribution is 5.95. The lowest BCUT2D eigenvalue weighted by molar-refractivity contribution is -0.133. The van der Waals surface area contributed by atoms with Crippen LogP contribution in [-0.4, -0.2) is 29.6 Å². The Morgan fingerprint density at radius 1 is 0.941 bits per heavy atom. The number of hydrogen-bond donors (Lipinski definition) is 1. The molecule has 0 aliphatic heterocycles. The van der Waals surface area contributed by atoms with Gasteiger partial charge in [0.25, 0.3) is 0 Å². The molecule has 0 aliphatic carbocycles. The van der Waals surface area contributed by atoms with E-state index in [9.17, 15) is 14.4 Å². The van der Waals surface area contributed by atoms with Crippen molar-refractivity contribution in [1.82, 2.24) is 4.90 Å². The maximum Gasteiger partial charge on any atom is 0.227 e. The van der Waals surface area contributed by atoms with Crippen molar-refractivity contribution in [2.24, 2.45) is 0 Å². The molecule has 6 heteroatoms. The molecule has 0 heterocycles. The first-order valence-corrected chi connectivity index (χ1v) is 11.2. The van der Waals surface area contributed by atoms with Crippen molar-refractivity contribution in [3.05, 3.63) is 95.1 Å². The molecule has 1 atom stereocenters. The van der Waals surface area contributed by atoms with Gasteiger partial charge in [-0.1, -0.05) is 42.5 Å². The minimum atomic E-state index is -0.261. The number of ketones is 1. The second-order valence-electron chi connectivity index (χ2n) is 8.25. The molecule has 0 saturated carbocycles. The highest BCUT2D eigenvalue weighted by atomic mass is 16.5. The molecule has 1 N–H and O–H groups in total. The van der Waals surface area contributed by atoms with Crippen molar-refractivity contribution >= 4 is 23.3 Å². The number of carbonyl (C=O) groups excluding carboxylic acids is 3. The molecule has 6 nitrogen and oxygen atoms in total. The van der Waals surface area contributed by atoms with E-state index in [0.717, 1.165) is 11.1 Å². The second kappa shape index (κ2) is 11.3. The Hall–Kier alpha value is -3.93. The lowest BCUT2D eigenvalue weighted by Gasteiger charge is -2.30. The summed E-state index contributed by atoms with van der Waals surface area (Å²) in [5.74, 6) is 0.249. The number of benzene rings is 3. The van der Waals surface area contributed by atoms with E-state index in [1.165, 1.54) is 13.8 Å². The number of Topliss-reactive ketones (excluding diaryl/α,β-unsaturated/α-hetero) is 1. The largest absolute Gasteiger partial charge is 0.496 e. The fourth-order valence-electron chi connectivity index (χ4n) is 3.88. The van der Waals surface area contributed by atoms with Crippen LogP contribution in [0.15, 0.2) is 72.8 Å². The first-order valence-electron chi connectivity index (χ1n) is 11.2. The monoisotopic (exact) mass is 458 g/mol. The van der Waals surface area contributed by atoms with Crippen LogP contribution in [0.5, 0.6) is 5.75 Å². The summed E-state index contributed by atoms with van der Waals surface area (Å²) in [4.78, 5) is 38.9. The third-order valence-corrected chi connectivity index (χ3v) is 5.70. The molecule has 0 spiro atoms. The van der Waals surface area contributed by atoms with Gasteiger partial charge in [0.2, 0.25) is 11.8 Å². The van der Waals surface area contributed by atoms with Gasteiger partial charge in [0.05, 0.1) is 19.6 Å². The quantitative estimate of drug-likeness (QED) is 0.448. The summed E-state index contributed by atoms with van der Waals surface area (Å²) >= 11 is 0. The molecule has 0 saturated heterocycles. The van der Waals surface area contributed by atoms with Crippen LogP contribution in [0.25, 0.3) is 0 Å². The molecular weight excluding hydrogens is 428 g/mol. The van der Waals surface area contributed by atoms with Crippen LogP contribution in [0, 0.1) is 0 Å². The molecule has 0 bridgehead atoms. The van der Waals surface area contributed by atoms with Crippen molar-refractivity contribution in [3.63, 3.8) is 0 Å². The summed E-state index contributed by atoms with van der Waals surface area (Å²) in [7, 11) is 1.55. The van der Waals surface area contributed by atoms with E-state index in [2.05, 4.69) is 5.32 Å². The predicted molar refractivity (Wildman–Crippen MR) is 133 cm³/mol. The number of methoxy groups -OCH3 is 1. The molecule has 2 amide bonds. The first-order chi connectivity index (χ1) is 16.3. The van der Waals surface area contributed by atoms with Gasteiger partial charge >= 0.3 is 0 Å². The maximum absolute atomic E-state index is 13.7. The van der Waals surface area contributed by atoms with Gasteiger partial charge < -0.3 is 15.0 Å². The molecule has 34 heavy (non-hydrogen) atoms. The number of ether oxygens (including phenoxy) is 1. The van der Waals surface area contributed by atoms with Crippen molar-refractivity contribution in [1.29, 1.82) is 0 Å². The lowest BCUT2D eigenvalue weighted by Crippen LogP contribution is -2.34. The second-order valence-corrected chi connectivity index (χ2v) is 8.25. The summed E-state index contributed by atoms with van der Waals surface area (Å²) in [6, 6.07) is 22.2. The Kier molecular flexibility index (Phi) is 8.19. The zero-order chi connectivity index (χ0) is 24.7. The molecular formula is C28H30N2O4. The summed E-state index contributed by atoms with van der Waals surface area (Å²) in [5.41, 5.74) is 3.79. The maximum atomic E-state index is 13.7. The number of nitrogens with one attached hydrogen (secondary N) is 1. The normalized spacial score (nSPS) is 11.4. The van der Waals surface area contributed by atoms with Crippen LogP contribution in [0.1, 0.15) is 53.9 Å². The first kappa shape index (κ1) is 24.7. The van der Waals surface area contributed by atoms with Crippen LogP contribution in [0.4, 0.5) is 5.69 Å². The Morgan fingerprint density at radius 3 is 2.32 bits per heavy atom. The molecule has 3 rings (SSSR count). The van der Waals surface area contributed by atoms with Crippen molar-refractivity contribution in [2.45, 2.75) is 39.8 Å². The van der Waals surface area contributed by atoms with E-state index in [1.54, 1.807) is 25.3 Å². The molecule has 0 aromatic heterocycles. The molecule has 0 radical (unpaired) electrons. The fourth-order valence-corrected chi connectivity index (χ4v) is 3.88. The molecule has 1 unspecified atom stereocenters. The van der Waals surface area contributed by atoms with Crippen molar-refractivity contribution in [2.75, 3.05) is 12.4 Å². The van der Waals surface area contributed by atoms with E-state index < -0.39 is 0 Å². The SMILES string of the molecule is COc1ccc(C(C)=O)cc1CC(=O)N(Cc1ccccc1)C(C)c1cccc(NC(C)=O)c1. The van der Waals surface area contributed by atoms with Gasteiger partial charge in [0.15, 0.2) is 5.78 Å². The average molecular weight is 459 g/mol. The number of carbonyl (C=O) groups is 3. The summed E-state index contributed by atoms with van der Waals surface area (Å²) in [5, 5.41) is 2.80. The molecule has 176 valence electrons. The summed E-state index contributed by atoms with van der Waals surface area (Å²) < 4.78 is 5.45. The minimum Gasteiger partial charge on any atom is -0.496 e. The van der Waals surface area contributed by atoms with Crippen LogP contribution in [0.3, 0.4) is 0 Å². The van der Waals surface area contributed by atoms with Gasteiger partial charge in [-0.25, -0.2) is 0 Å². The number of anilines is 1. The van der Waals surface area contributed by atoms with Crippen LogP contribution in [0.2, 0.25) is 0 Å². The number of nitrogens with zero attached hydrogens (tertiary/aromatic N) is 1. The third kappa shape index (κ3) is 6.32. The number of rotatable bonds is 9. The summed E-state index contributed by atoms with van der Waals surface area (Å²) in [6.45, 7) is 5.35. The van der Waals surface area contributed by atoms with Gasteiger partial charge in [0, 0.05) is 30.3 Å². The Balaban J connectivity index is 1.95. The predicted octanol–water partition coefficient (Wildman–Crippen LogP) is 5.19. The number of amides is 2. The fraction of sp³-hybridized carbons (Fsp3) is 0.250. The Morgan fingerprint density at radius 2 is 1.68 bits per heavy atom. The van der Waals surface area contributed by atoms with E-state index in [4.69, 9.17) is 4.74 Å². The lowest BCUT2D eigenvalue weighted by atomic mass is 10.0. The molecule has 3 aromatic carbocycles. The van der Waals surface area contributed by atoms with Crippen LogP contribution in [-0.2, 0) is 22.6 Å². The van der Waals surface area contributed by atoms with Gasteiger partial charge in [-0.2, -0.15) is 0 Å². The van der Waals surface area contributed by atoms with Gasteiger partial charge in [-0.3, -0.25) is 14.4 Å². The Labute approximate surface area is 200 Å². The average Bonchev–Trinajstić information content (AvgIpc) is 2.82. The Bertz CT molecular complexity index is 1170. The molecule has 0 fully saturated rings. The highest BCUT2D eigenvalue weighted by Gasteiger charge is 2.24. The smallest absolute Gasteiger partial charge is 0.227 e. The van der Waals surface area contributed by atoms with Gasteiger partial charge in [-0.15, -0.1) is 0 Å². The standard InChI is InChI=1S/C28H30N2O4/c1-19(23-11-8-12-26(16-23)29-21(3)32)30(18-22-9-6-5-7-10-22)28(33)17-25-15-24(20(2)31)13-14-27(25)34-4/h5-16,19H,17-18H2,1-4H3,(H,29,32). The van der Waals surface area contributed by atoms with Crippen molar-refractivity contribution in [3.8, 4) is 5.75 Å². The zero-order valence-corrected chi connectivity index (χ0v) is 20.0.